The largest absolute Gasteiger partial charge is 0.487 e. The van der Waals surface area contributed by atoms with Crippen LogP contribution in [0.25, 0.3) is 0 Å². The van der Waals surface area contributed by atoms with Crippen molar-refractivity contribution in [3.63, 3.8) is 0 Å². The SMILES string of the molecule is C=CCOc1ccccc1N1CCN(CCCC2CN(c3ccccc3)C(=O)O2)CC1.Cl.O. The molecule has 33 heavy (non-hydrogen) atoms. The summed E-state index contributed by atoms with van der Waals surface area (Å²) in [5.41, 5.74) is 2.06. The van der Waals surface area contributed by atoms with Crippen LogP contribution in [0.4, 0.5) is 16.2 Å². The van der Waals surface area contributed by atoms with E-state index in [1.165, 1.54) is 0 Å². The van der Waals surface area contributed by atoms with Gasteiger partial charge in [-0.05, 0) is 43.7 Å². The second-order valence-electron chi connectivity index (χ2n) is 7.99. The predicted octanol–water partition coefficient (Wildman–Crippen LogP) is 3.78. The molecule has 2 aliphatic rings. The van der Waals surface area contributed by atoms with Crippen LogP contribution < -0.4 is 14.5 Å². The van der Waals surface area contributed by atoms with Crippen LogP contribution in [-0.2, 0) is 4.74 Å². The Bertz CT molecular complexity index is 875. The fourth-order valence-electron chi connectivity index (χ4n) is 4.23. The maximum atomic E-state index is 12.2. The predicted molar refractivity (Wildman–Crippen MR) is 135 cm³/mol. The van der Waals surface area contributed by atoms with Crippen molar-refractivity contribution in [2.24, 2.45) is 0 Å². The van der Waals surface area contributed by atoms with Gasteiger partial charge in [-0.2, -0.15) is 0 Å². The van der Waals surface area contributed by atoms with Crippen LogP contribution >= 0.6 is 12.4 Å². The molecule has 180 valence electrons. The van der Waals surface area contributed by atoms with Crippen LogP contribution in [0.5, 0.6) is 5.75 Å². The van der Waals surface area contributed by atoms with E-state index in [2.05, 4.69) is 28.5 Å². The maximum Gasteiger partial charge on any atom is 0.414 e. The molecule has 1 unspecified atom stereocenters. The molecule has 2 aliphatic heterocycles. The number of para-hydroxylation sites is 3. The number of carbonyl (C=O) groups is 1. The number of piperazine rings is 1. The molecule has 1 atom stereocenters. The molecule has 4 rings (SSSR count). The Labute approximate surface area is 202 Å². The van der Waals surface area contributed by atoms with Gasteiger partial charge in [0.1, 0.15) is 18.5 Å². The van der Waals surface area contributed by atoms with E-state index in [0.717, 1.165) is 62.7 Å². The summed E-state index contributed by atoms with van der Waals surface area (Å²) < 4.78 is 11.4. The van der Waals surface area contributed by atoms with Gasteiger partial charge in [0.05, 0.1) is 12.2 Å². The third-order valence-electron chi connectivity index (χ3n) is 5.88. The van der Waals surface area contributed by atoms with Gasteiger partial charge in [0.15, 0.2) is 0 Å². The number of nitrogens with zero attached hydrogens (tertiary/aromatic N) is 3. The minimum absolute atomic E-state index is 0. The molecule has 0 bridgehead atoms. The smallest absolute Gasteiger partial charge is 0.414 e. The number of hydrogen-bond donors (Lipinski definition) is 0. The first-order valence-electron chi connectivity index (χ1n) is 11.1. The van der Waals surface area contributed by atoms with Crippen LogP contribution in [0.15, 0.2) is 67.3 Å². The molecule has 0 spiro atoms. The van der Waals surface area contributed by atoms with Gasteiger partial charge in [-0.15, -0.1) is 12.4 Å². The van der Waals surface area contributed by atoms with E-state index in [1.807, 2.05) is 42.5 Å². The van der Waals surface area contributed by atoms with Crippen molar-refractivity contribution in [1.82, 2.24) is 4.90 Å². The van der Waals surface area contributed by atoms with Gasteiger partial charge in [-0.3, -0.25) is 9.80 Å². The van der Waals surface area contributed by atoms with Gasteiger partial charge in [-0.25, -0.2) is 4.79 Å². The Morgan fingerprint density at radius 1 is 1.03 bits per heavy atom. The zero-order chi connectivity index (χ0) is 21.5. The minimum atomic E-state index is -0.234. The van der Waals surface area contributed by atoms with Crippen molar-refractivity contribution in [1.29, 1.82) is 0 Å². The van der Waals surface area contributed by atoms with E-state index in [4.69, 9.17) is 9.47 Å². The fourth-order valence-corrected chi connectivity index (χ4v) is 4.23. The Balaban J connectivity index is 0.00000193. The van der Waals surface area contributed by atoms with Crippen molar-refractivity contribution in [3.8, 4) is 5.75 Å². The van der Waals surface area contributed by atoms with Crippen molar-refractivity contribution in [2.45, 2.75) is 18.9 Å². The lowest BCUT2D eigenvalue weighted by Crippen LogP contribution is -2.46. The standard InChI is InChI=1S/C25H31N3O3.ClH.H2O/c1-2-19-30-24-13-7-6-12-23(24)27-17-15-26(16-18-27)14-8-11-22-20-28(25(29)31-22)21-9-4-3-5-10-21;;/h2-7,9-10,12-13,22H,1,8,11,14-20H2;1H;1H2. The Kier molecular flexibility index (Phi) is 10.5. The second kappa shape index (κ2) is 13.1. The monoisotopic (exact) mass is 475 g/mol. The quantitative estimate of drug-likeness (QED) is 0.516. The molecule has 2 fully saturated rings. The molecule has 1 amide bonds. The van der Waals surface area contributed by atoms with Crippen molar-refractivity contribution in [3.05, 3.63) is 67.3 Å². The van der Waals surface area contributed by atoms with E-state index in [9.17, 15) is 4.79 Å². The van der Waals surface area contributed by atoms with Crippen LogP contribution in [0.2, 0.25) is 0 Å². The molecule has 2 aromatic rings. The summed E-state index contributed by atoms with van der Waals surface area (Å²) in [7, 11) is 0. The first-order valence-corrected chi connectivity index (χ1v) is 11.1. The molecule has 2 saturated heterocycles. The highest BCUT2D eigenvalue weighted by Crippen LogP contribution is 2.29. The Morgan fingerprint density at radius 2 is 1.73 bits per heavy atom. The molecular formula is C25H34ClN3O4. The summed E-state index contributed by atoms with van der Waals surface area (Å²) in [6.07, 6.45) is 3.44. The van der Waals surface area contributed by atoms with E-state index in [1.54, 1.807) is 11.0 Å². The first-order chi connectivity index (χ1) is 15.2. The number of ether oxygens (including phenoxy) is 2. The fraction of sp³-hybridized carbons (Fsp3) is 0.400. The minimum Gasteiger partial charge on any atom is -0.487 e. The van der Waals surface area contributed by atoms with Gasteiger partial charge in [0.2, 0.25) is 0 Å². The molecular weight excluding hydrogens is 442 g/mol. The van der Waals surface area contributed by atoms with Crippen molar-refractivity contribution in [2.75, 3.05) is 55.7 Å². The van der Waals surface area contributed by atoms with E-state index in [0.29, 0.717) is 13.2 Å². The van der Waals surface area contributed by atoms with Crippen LogP contribution in [-0.4, -0.2) is 68.4 Å². The highest BCUT2D eigenvalue weighted by molar-refractivity contribution is 5.89. The summed E-state index contributed by atoms with van der Waals surface area (Å²) >= 11 is 0. The first kappa shape index (κ1) is 26.5. The average molecular weight is 476 g/mol. The molecule has 2 heterocycles. The molecule has 7 nitrogen and oxygen atoms in total. The summed E-state index contributed by atoms with van der Waals surface area (Å²) in [4.78, 5) is 18.8. The highest BCUT2D eigenvalue weighted by Gasteiger charge is 2.32. The van der Waals surface area contributed by atoms with Crippen LogP contribution in [0.1, 0.15) is 12.8 Å². The molecule has 2 N–H and O–H groups in total. The van der Waals surface area contributed by atoms with Crippen molar-refractivity contribution < 1.29 is 19.7 Å². The number of benzene rings is 2. The number of halogens is 1. The topological polar surface area (TPSA) is 76.8 Å². The lowest BCUT2D eigenvalue weighted by Gasteiger charge is -2.36. The molecule has 0 aromatic heterocycles. The van der Waals surface area contributed by atoms with E-state index in [-0.39, 0.29) is 30.1 Å². The molecule has 0 saturated carbocycles. The molecule has 2 aromatic carbocycles. The van der Waals surface area contributed by atoms with Gasteiger partial charge in [-0.1, -0.05) is 43.0 Å². The molecule has 0 radical (unpaired) electrons. The number of rotatable bonds is 9. The number of amides is 1. The summed E-state index contributed by atoms with van der Waals surface area (Å²) in [6, 6.07) is 18.0. The zero-order valence-electron chi connectivity index (χ0n) is 18.9. The van der Waals surface area contributed by atoms with Gasteiger partial charge < -0.3 is 19.8 Å². The third-order valence-corrected chi connectivity index (χ3v) is 5.88. The number of cyclic esters (lactones) is 1. The van der Waals surface area contributed by atoms with Gasteiger partial charge in [0.25, 0.3) is 0 Å². The van der Waals surface area contributed by atoms with Crippen LogP contribution in [0, 0.1) is 0 Å². The zero-order valence-corrected chi connectivity index (χ0v) is 19.7. The molecule has 0 aliphatic carbocycles. The summed E-state index contributed by atoms with van der Waals surface area (Å²) in [5, 5.41) is 0. The second-order valence-corrected chi connectivity index (χ2v) is 7.99. The average Bonchev–Trinajstić information content (AvgIpc) is 3.19. The lowest BCUT2D eigenvalue weighted by molar-refractivity contribution is 0.131. The van der Waals surface area contributed by atoms with Gasteiger partial charge >= 0.3 is 6.09 Å². The number of anilines is 2. The number of hydrogen-bond acceptors (Lipinski definition) is 5. The Morgan fingerprint density at radius 3 is 2.45 bits per heavy atom. The molecule has 8 heteroatoms. The summed E-state index contributed by atoms with van der Waals surface area (Å²) in [5.74, 6) is 0.918. The van der Waals surface area contributed by atoms with Crippen LogP contribution in [0.3, 0.4) is 0 Å². The third kappa shape index (κ3) is 6.87. The maximum absolute atomic E-state index is 12.2. The lowest BCUT2D eigenvalue weighted by atomic mass is 10.1. The highest BCUT2D eigenvalue weighted by atomic mass is 35.5. The number of carbonyl (C=O) groups excluding carboxylic acids is 1. The van der Waals surface area contributed by atoms with E-state index >= 15 is 0 Å². The Hall–Kier alpha value is -2.74. The normalized spacial score (nSPS) is 18.2. The van der Waals surface area contributed by atoms with E-state index < -0.39 is 0 Å². The summed E-state index contributed by atoms with van der Waals surface area (Å²) in [6.45, 7) is 9.93. The van der Waals surface area contributed by atoms with Crippen molar-refractivity contribution >= 4 is 29.9 Å². The van der Waals surface area contributed by atoms with Gasteiger partial charge in [0, 0.05) is 31.9 Å².